The van der Waals surface area contributed by atoms with Gasteiger partial charge in [-0.3, -0.25) is 4.79 Å². The van der Waals surface area contributed by atoms with Gasteiger partial charge in [-0.1, -0.05) is 12.1 Å². The average Bonchev–Trinajstić information content (AvgIpc) is 2.47. The van der Waals surface area contributed by atoms with Gasteiger partial charge in [-0.25, -0.2) is 9.37 Å². The molecule has 1 heterocycles. The Hall–Kier alpha value is -2.94. The summed E-state index contributed by atoms with van der Waals surface area (Å²) in [5, 5.41) is 14.2. The van der Waals surface area contributed by atoms with Crippen molar-refractivity contribution in [3.8, 4) is 6.07 Å². The zero-order valence-corrected chi connectivity index (χ0v) is 11.6. The lowest BCUT2D eigenvalue weighted by Crippen LogP contribution is -2.16. The Morgan fingerprint density at radius 3 is 2.81 bits per heavy atom. The molecule has 0 atom stereocenters. The van der Waals surface area contributed by atoms with Gasteiger partial charge in [0, 0.05) is 13.2 Å². The first-order valence-electron chi connectivity index (χ1n) is 6.21. The minimum absolute atomic E-state index is 0.00704. The molecule has 0 radical (unpaired) electrons. The van der Waals surface area contributed by atoms with E-state index in [0.717, 1.165) is 5.56 Å². The number of aryl methyl sites for hydroxylation is 1. The van der Waals surface area contributed by atoms with Gasteiger partial charge in [0.15, 0.2) is 11.6 Å². The second kappa shape index (κ2) is 6.01. The molecule has 1 amide bonds. The molecule has 1 aromatic heterocycles. The highest BCUT2D eigenvalue weighted by molar-refractivity contribution is 6.05. The second-order valence-electron chi connectivity index (χ2n) is 4.33. The van der Waals surface area contributed by atoms with Gasteiger partial charge in [-0.2, -0.15) is 5.26 Å². The van der Waals surface area contributed by atoms with E-state index in [1.54, 1.807) is 25.1 Å². The molecule has 2 rings (SSSR count). The van der Waals surface area contributed by atoms with Crippen LogP contribution in [-0.2, 0) is 0 Å². The predicted octanol–water partition coefficient (Wildman–Crippen LogP) is 2.69. The summed E-state index contributed by atoms with van der Waals surface area (Å²) in [6.07, 6.45) is 1.34. The number of amides is 1. The van der Waals surface area contributed by atoms with Crippen molar-refractivity contribution in [3.05, 3.63) is 53.0 Å². The molecule has 2 aromatic rings. The van der Waals surface area contributed by atoms with Crippen LogP contribution in [0.25, 0.3) is 0 Å². The zero-order valence-electron chi connectivity index (χ0n) is 11.6. The Kier molecular flexibility index (Phi) is 4.14. The molecule has 0 saturated heterocycles. The molecule has 106 valence electrons. The summed E-state index contributed by atoms with van der Waals surface area (Å²) in [4.78, 5) is 15.9. The van der Waals surface area contributed by atoms with Gasteiger partial charge >= 0.3 is 0 Å². The quantitative estimate of drug-likeness (QED) is 0.908. The number of hydrogen-bond donors (Lipinski definition) is 2. The van der Waals surface area contributed by atoms with Crippen molar-refractivity contribution < 1.29 is 9.18 Å². The third-order valence-electron chi connectivity index (χ3n) is 3.00. The molecule has 0 spiro atoms. The third kappa shape index (κ3) is 2.82. The zero-order chi connectivity index (χ0) is 15.4. The SMILES string of the molecule is CNc1nccc(C(=O)Nc2cccc(C)c2C#N)c1F. The van der Waals surface area contributed by atoms with Gasteiger partial charge in [0.25, 0.3) is 5.91 Å². The van der Waals surface area contributed by atoms with Crippen molar-refractivity contribution in [1.29, 1.82) is 5.26 Å². The molecule has 6 heteroatoms. The molecular formula is C15H13FN4O. The Balaban J connectivity index is 2.36. The van der Waals surface area contributed by atoms with Crippen LogP contribution in [0.15, 0.2) is 30.5 Å². The minimum Gasteiger partial charge on any atom is -0.371 e. The van der Waals surface area contributed by atoms with E-state index in [0.29, 0.717) is 11.3 Å². The van der Waals surface area contributed by atoms with Crippen molar-refractivity contribution in [3.63, 3.8) is 0 Å². The molecule has 2 N–H and O–H groups in total. The molecule has 0 bridgehead atoms. The maximum Gasteiger partial charge on any atom is 0.258 e. The maximum atomic E-state index is 14.0. The molecule has 1 aromatic carbocycles. The number of carbonyl (C=O) groups is 1. The number of rotatable bonds is 3. The standard InChI is InChI=1S/C15H13FN4O/c1-9-4-3-5-12(11(9)8-17)20-15(21)10-6-7-19-14(18-2)13(10)16/h3-7H,1-2H3,(H,18,19)(H,20,21). The summed E-state index contributed by atoms with van der Waals surface area (Å²) in [7, 11) is 1.52. The predicted molar refractivity (Wildman–Crippen MR) is 77.6 cm³/mol. The van der Waals surface area contributed by atoms with Crippen molar-refractivity contribution in [2.24, 2.45) is 0 Å². The van der Waals surface area contributed by atoms with Crippen LogP contribution in [0.5, 0.6) is 0 Å². The van der Waals surface area contributed by atoms with E-state index in [2.05, 4.69) is 15.6 Å². The van der Waals surface area contributed by atoms with Crippen LogP contribution in [0, 0.1) is 24.1 Å². The first-order chi connectivity index (χ1) is 10.1. The smallest absolute Gasteiger partial charge is 0.258 e. The van der Waals surface area contributed by atoms with Gasteiger partial charge in [0.05, 0.1) is 16.8 Å². The lowest BCUT2D eigenvalue weighted by molar-refractivity contribution is 0.102. The number of nitrogens with one attached hydrogen (secondary N) is 2. The number of aromatic nitrogens is 1. The largest absolute Gasteiger partial charge is 0.371 e. The topological polar surface area (TPSA) is 77.8 Å². The Morgan fingerprint density at radius 2 is 2.14 bits per heavy atom. The van der Waals surface area contributed by atoms with Gasteiger partial charge in [0.2, 0.25) is 0 Å². The number of anilines is 2. The monoisotopic (exact) mass is 284 g/mol. The van der Waals surface area contributed by atoms with E-state index < -0.39 is 11.7 Å². The lowest BCUT2D eigenvalue weighted by Gasteiger charge is -2.10. The van der Waals surface area contributed by atoms with E-state index >= 15 is 0 Å². The molecule has 0 saturated carbocycles. The number of hydrogen-bond acceptors (Lipinski definition) is 4. The third-order valence-corrected chi connectivity index (χ3v) is 3.00. The number of nitrogens with zero attached hydrogens (tertiary/aromatic N) is 2. The van der Waals surface area contributed by atoms with Crippen LogP contribution in [0.3, 0.4) is 0 Å². The number of carbonyl (C=O) groups excluding carboxylic acids is 1. The van der Waals surface area contributed by atoms with Crippen molar-refractivity contribution in [2.75, 3.05) is 17.7 Å². The Morgan fingerprint density at radius 1 is 1.38 bits per heavy atom. The summed E-state index contributed by atoms with van der Waals surface area (Å²) >= 11 is 0. The number of halogens is 1. The summed E-state index contributed by atoms with van der Waals surface area (Å²) in [6.45, 7) is 1.76. The van der Waals surface area contributed by atoms with Gasteiger partial charge in [0.1, 0.15) is 6.07 Å². The highest BCUT2D eigenvalue weighted by atomic mass is 19.1. The van der Waals surface area contributed by atoms with E-state index in [4.69, 9.17) is 5.26 Å². The number of nitriles is 1. The molecule has 21 heavy (non-hydrogen) atoms. The van der Waals surface area contributed by atoms with Crippen LogP contribution in [0.2, 0.25) is 0 Å². The summed E-state index contributed by atoms with van der Waals surface area (Å²) in [5.74, 6) is -1.37. The molecule has 5 nitrogen and oxygen atoms in total. The minimum atomic E-state index is -0.733. The highest BCUT2D eigenvalue weighted by Gasteiger charge is 2.17. The fourth-order valence-electron chi connectivity index (χ4n) is 1.90. The second-order valence-corrected chi connectivity index (χ2v) is 4.33. The van der Waals surface area contributed by atoms with Crippen LogP contribution in [-0.4, -0.2) is 17.9 Å². The molecule has 0 aliphatic heterocycles. The molecule has 0 aliphatic carbocycles. The summed E-state index contributed by atoms with van der Waals surface area (Å²) in [5.41, 5.74) is 1.31. The van der Waals surface area contributed by atoms with Crippen LogP contribution in [0.1, 0.15) is 21.5 Å². The lowest BCUT2D eigenvalue weighted by atomic mass is 10.1. The summed E-state index contributed by atoms with van der Waals surface area (Å²) < 4.78 is 14.0. The Labute approximate surface area is 121 Å². The normalized spacial score (nSPS) is 9.81. The van der Waals surface area contributed by atoms with Gasteiger partial charge in [-0.05, 0) is 24.6 Å². The molecule has 0 fully saturated rings. The van der Waals surface area contributed by atoms with E-state index in [1.807, 2.05) is 6.07 Å². The fourth-order valence-corrected chi connectivity index (χ4v) is 1.90. The first-order valence-corrected chi connectivity index (χ1v) is 6.21. The van der Waals surface area contributed by atoms with Crippen molar-refractivity contribution in [2.45, 2.75) is 6.92 Å². The highest BCUT2D eigenvalue weighted by Crippen LogP contribution is 2.21. The van der Waals surface area contributed by atoms with Crippen molar-refractivity contribution >= 4 is 17.4 Å². The van der Waals surface area contributed by atoms with Crippen LogP contribution in [0.4, 0.5) is 15.9 Å². The van der Waals surface area contributed by atoms with Crippen LogP contribution >= 0.6 is 0 Å². The summed E-state index contributed by atoms with van der Waals surface area (Å²) in [6, 6.07) is 8.39. The maximum absolute atomic E-state index is 14.0. The van der Waals surface area contributed by atoms with Crippen LogP contribution < -0.4 is 10.6 Å². The fraction of sp³-hybridized carbons (Fsp3) is 0.133. The van der Waals surface area contributed by atoms with Crippen molar-refractivity contribution in [1.82, 2.24) is 4.98 Å². The number of benzene rings is 1. The van der Waals surface area contributed by atoms with Gasteiger partial charge in [-0.15, -0.1) is 0 Å². The average molecular weight is 284 g/mol. The molecular weight excluding hydrogens is 271 g/mol. The van der Waals surface area contributed by atoms with E-state index in [9.17, 15) is 9.18 Å². The number of pyridine rings is 1. The van der Waals surface area contributed by atoms with E-state index in [-0.39, 0.29) is 11.4 Å². The molecule has 0 unspecified atom stereocenters. The Bertz CT molecular complexity index is 737. The first kappa shape index (κ1) is 14.5. The molecule has 0 aliphatic rings. The van der Waals surface area contributed by atoms with E-state index in [1.165, 1.54) is 19.3 Å². The van der Waals surface area contributed by atoms with Gasteiger partial charge < -0.3 is 10.6 Å².